The van der Waals surface area contributed by atoms with E-state index in [0.717, 1.165) is 3.57 Å². The van der Waals surface area contributed by atoms with Gasteiger partial charge in [0.2, 0.25) is 0 Å². The minimum atomic E-state index is -0.676. The number of nitrogens with zero attached hydrogens (tertiary/aromatic N) is 1. The average Bonchev–Trinajstić information content (AvgIpc) is 2.91. The Bertz CT molecular complexity index is 707. The number of amides is 2. The van der Waals surface area contributed by atoms with Crippen LogP contribution in [0.2, 0.25) is 0 Å². The van der Waals surface area contributed by atoms with Crippen molar-refractivity contribution in [1.82, 2.24) is 9.88 Å². The van der Waals surface area contributed by atoms with Crippen molar-refractivity contribution < 1.29 is 19.1 Å². The number of carbonyl (C=O) groups is 3. The summed E-state index contributed by atoms with van der Waals surface area (Å²) in [5.74, 6) is -1.83. The molecule has 0 unspecified atom stereocenters. The maximum absolute atomic E-state index is 11.8. The van der Waals surface area contributed by atoms with Gasteiger partial charge in [-0.15, -0.1) is 0 Å². The molecular weight excluding hydrogens is 399 g/mol. The number of esters is 1. The molecule has 0 saturated carbocycles. The number of benzene rings is 1. The maximum atomic E-state index is 11.8. The third-order valence-corrected chi connectivity index (χ3v) is 3.56. The van der Waals surface area contributed by atoms with E-state index in [4.69, 9.17) is 4.74 Å². The van der Waals surface area contributed by atoms with Crippen LogP contribution in [-0.2, 0) is 16.6 Å². The zero-order valence-corrected chi connectivity index (χ0v) is 13.9. The first-order chi connectivity index (χ1) is 10.5. The third kappa shape index (κ3) is 4.17. The number of ether oxygens (including phenoxy) is 1. The van der Waals surface area contributed by atoms with Gasteiger partial charge in [-0.05, 0) is 59.0 Å². The summed E-state index contributed by atoms with van der Waals surface area (Å²) in [5.41, 5.74) is 0.694. The fourth-order valence-electron chi connectivity index (χ4n) is 1.72. The largest absolute Gasteiger partial charge is 0.452 e. The topological polar surface area (TPSA) is 77.4 Å². The van der Waals surface area contributed by atoms with Crippen molar-refractivity contribution in [3.63, 3.8) is 0 Å². The lowest BCUT2D eigenvalue weighted by Gasteiger charge is -2.06. The molecule has 1 heterocycles. The number of aromatic nitrogens is 1. The molecule has 0 saturated heterocycles. The van der Waals surface area contributed by atoms with Crippen LogP contribution in [0.4, 0.5) is 0 Å². The van der Waals surface area contributed by atoms with E-state index in [0.29, 0.717) is 11.3 Å². The molecule has 114 valence electrons. The molecule has 6 nitrogen and oxygen atoms in total. The fourth-order valence-corrected chi connectivity index (χ4v) is 2.08. The van der Waals surface area contributed by atoms with E-state index in [2.05, 4.69) is 27.9 Å². The molecule has 0 atom stereocenters. The Hall–Kier alpha value is -2.16. The quantitative estimate of drug-likeness (QED) is 0.613. The number of hydrogen-bond donors (Lipinski definition) is 1. The van der Waals surface area contributed by atoms with Crippen molar-refractivity contribution in [3.8, 4) is 0 Å². The second-order valence-corrected chi connectivity index (χ2v) is 5.71. The van der Waals surface area contributed by atoms with E-state index >= 15 is 0 Å². The highest BCUT2D eigenvalue weighted by Crippen LogP contribution is 2.07. The monoisotopic (exact) mass is 412 g/mol. The molecule has 0 aliphatic rings. The molecule has 2 rings (SSSR count). The second kappa shape index (κ2) is 7.21. The van der Waals surface area contributed by atoms with E-state index in [1.54, 1.807) is 54.2 Å². The maximum Gasteiger partial charge on any atom is 0.338 e. The van der Waals surface area contributed by atoms with Crippen molar-refractivity contribution in [2.45, 2.75) is 0 Å². The smallest absolute Gasteiger partial charge is 0.338 e. The number of halogens is 1. The summed E-state index contributed by atoms with van der Waals surface area (Å²) in [5, 5.41) is 2.16. The standard InChI is InChI=1S/C15H13IN2O4/c1-18-8-2-3-12(18)14(20)17-13(19)9-22-15(21)10-4-6-11(16)7-5-10/h2-8H,9H2,1H3,(H,17,19,20). The molecule has 2 amide bonds. The van der Waals surface area contributed by atoms with Gasteiger partial charge in [-0.2, -0.15) is 0 Å². The fraction of sp³-hybridized carbons (Fsp3) is 0.133. The van der Waals surface area contributed by atoms with Crippen molar-refractivity contribution in [2.75, 3.05) is 6.61 Å². The van der Waals surface area contributed by atoms with Gasteiger partial charge >= 0.3 is 5.97 Å². The van der Waals surface area contributed by atoms with E-state index < -0.39 is 24.4 Å². The summed E-state index contributed by atoms with van der Waals surface area (Å²) in [4.78, 5) is 35.2. The lowest BCUT2D eigenvalue weighted by atomic mass is 10.2. The average molecular weight is 412 g/mol. The Labute approximate surface area is 140 Å². The van der Waals surface area contributed by atoms with Crippen LogP contribution >= 0.6 is 22.6 Å². The molecule has 1 N–H and O–H groups in total. The van der Waals surface area contributed by atoms with Gasteiger partial charge in [0.1, 0.15) is 5.69 Å². The van der Waals surface area contributed by atoms with Gasteiger partial charge in [0.15, 0.2) is 6.61 Å². The molecule has 1 aromatic heterocycles. The summed E-state index contributed by atoms with van der Waals surface area (Å²) in [6.07, 6.45) is 1.69. The Balaban J connectivity index is 1.85. The van der Waals surface area contributed by atoms with Crippen molar-refractivity contribution in [3.05, 3.63) is 57.4 Å². The number of imide groups is 1. The van der Waals surface area contributed by atoms with Gasteiger partial charge in [0.25, 0.3) is 11.8 Å². The molecule has 0 aliphatic heterocycles. The highest BCUT2D eigenvalue weighted by Gasteiger charge is 2.15. The minimum absolute atomic E-state index is 0.345. The van der Waals surface area contributed by atoms with Crippen LogP contribution in [0.3, 0.4) is 0 Å². The molecule has 2 aromatic rings. The molecule has 0 aliphatic carbocycles. The minimum Gasteiger partial charge on any atom is -0.452 e. The van der Waals surface area contributed by atoms with Crippen LogP contribution in [0, 0.1) is 3.57 Å². The van der Waals surface area contributed by atoms with Crippen molar-refractivity contribution >= 4 is 40.4 Å². The predicted octanol–water partition coefficient (Wildman–Crippen LogP) is 1.74. The van der Waals surface area contributed by atoms with Gasteiger partial charge in [-0.1, -0.05) is 0 Å². The number of rotatable bonds is 4. The van der Waals surface area contributed by atoms with Gasteiger partial charge in [0.05, 0.1) is 5.56 Å². The van der Waals surface area contributed by atoms with Gasteiger partial charge in [-0.25, -0.2) is 4.79 Å². The van der Waals surface area contributed by atoms with E-state index in [-0.39, 0.29) is 0 Å². The summed E-state index contributed by atoms with van der Waals surface area (Å²) in [6.45, 7) is -0.513. The summed E-state index contributed by atoms with van der Waals surface area (Å²) in [6, 6.07) is 10.0. The zero-order chi connectivity index (χ0) is 16.1. The van der Waals surface area contributed by atoms with Crippen LogP contribution in [-0.4, -0.2) is 29.0 Å². The van der Waals surface area contributed by atoms with E-state index in [9.17, 15) is 14.4 Å². The molecule has 0 spiro atoms. The Kier molecular flexibility index (Phi) is 5.31. The van der Waals surface area contributed by atoms with E-state index in [1.165, 1.54) is 0 Å². The molecule has 22 heavy (non-hydrogen) atoms. The van der Waals surface area contributed by atoms with Crippen molar-refractivity contribution in [2.24, 2.45) is 7.05 Å². The Morgan fingerprint density at radius 2 is 1.86 bits per heavy atom. The number of hydrogen-bond acceptors (Lipinski definition) is 4. The van der Waals surface area contributed by atoms with Crippen molar-refractivity contribution in [1.29, 1.82) is 0 Å². The SMILES string of the molecule is Cn1cccc1C(=O)NC(=O)COC(=O)c1ccc(I)cc1. The molecule has 0 radical (unpaired) electrons. The van der Waals surface area contributed by atoms with Crippen LogP contribution in [0.5, 0.6) is 0 Å². The zero-order valence-electron chi connectivity index (χ0n) is 11.7. The van der Waals surface area contributed by atoms with Gasteiger partial charge in [-0.3, -0.25) is 14.9 Å². The number of carbonyl (C=O) groups excluding carboxylic acids is 3. The molecular formula is C15H13IN2O4. The summed E-state index contributed by atoms with van der Waals surface area (Å²) < 4.78 is 7.44. The number of nitrogens with one attached hydrogen (secondary N) is 1. The highest BCUT2D eigenvalue weighted by atomic mass is 127. The second-order valence-electron chi connectivity index (χ2n) is 4.46. The third-order valence-electron chi connectivity index (χ3n) is 2.84. The van der Waals surface area contributed by atoms with Gasteiger partial charge < -0.3 is 9.30 Å². The van der Waals surface area contributed by atoms with Crippen LogP contribution in [0.25, 0.3) is 0 Å². The number of aryl methyl sites for hydroxylation is 1. The van der Waals surface area contributed by atoms with Gasteiger partial charge in [0, 0.05) is 16.8 Å². The first kappa shape index (κ1) is 16.2. The first-order valence-electron chi connectivity index (χ1n) is 6.35. The molecule has 7 heteroatoms. The summed E-state index contributed by atoms with van der Waals surface area (Å²) in [7, 11) is 1.69. The Morgan fingerprint density at radius 1 is 1.18 bits per heavy atom. The Morgan fingerprint density at radius 3 is 2.45 bits per heavy atom. The predicted molar refractivity (Wildman–Crippen MR) is 87.3 cm³/mol. The lowest BCUT2D eigenvalue weighted by molar-refractivity contribution is -0.123. The molecule has 1 aromatic carbocycles. The van der Waals surface area contributed by atoms with E-state index in [1.807, 2.05) is 0 Å². The van der Waals surface area contributed by atoms with Crippen LogP contribution in [0.1, 0.15) is 20.8 Å². The highest BCUT2D eigenvalue weighted by molar-refractivity contribution is 14.1. The lowest BCUT2D eigenvalue weighted by Crippen LogP contribution is -2.35. The van der Waals surface area contributed by atoms with Crippen LogP contribution < -0.4 is 5.32 Å². The normalized spacial score (nSPS) is 10.1. The first-order valence-corrected chi connectivity index (χ1v) is 7.43. The molecule has 0 bridgehead atoms. The molecule has 0 fully saturated rings. The van der Waals surface area contributed by atoms with Crippen LogP contribution in [0.15, 0.2) is 42.6 Å². The summed E-state index contributed by atoms with van der Waals surface area (Å²) >= 11 is 2.12.